The van der Waals surface area contributed by atoms with Crippen molar-refractivity contribution in [3.8, 4) is 0 Å². The van der Waals surface area contributed by atoms with E-state index in [1.807, 2.05) is 78.7 Å². The summed E-state index contributed by atoms with van der Waals surface area (Å²) in [6, 6.07) is 24.1. The molecule has 1 aromatic heterocycles. The number of piperazine rings is 1. The van der Waals surface area contributed by atoms with Crippen LogP contribution in [-0.2, 0) is 10.3 Å². The van der Waals surface area contributed by atoms with Gasteiger partial charge in [0.1, 0.15) is 11.4 Å². The van der Waals surface area contributed by atoms with E-state index in [0.717, 1.165) is 30.2 Å². The molecule has 1 amide bonds. The van der Waals surface area contributed by atoms with Gasteiger partial charge in [-0.3, -0.25) is 4.79 Å². The number of rotatable bonds is 5. The minimum Gasteiger partial charge on any atom is -0.368 e. The monoisotopic (exact) mass is 400 g/mol. The molecule has 0 bridgehead atoms. The maximum atomic E-state index is 13.8. The lowest BCUT2D eigenvalue weighted by molar-refractivity contribution is -0.136. The molecule has 154 valence electrons. The number of carbonyl (C=O) groups is 1. The Hall–Kier alpha value is -3.34. The van der Waals surface area contributed by atoms with Gasteiger partial charge in [-0.2, -0.15) is 0 Å². The molecule has 30 heavy (non-hydrogen) atoms. The van der Waals surface area contributed by atoms with Crippen LogP contribution in [-0.4, -0.2) is 42.0 Å². The van der Waals surface area contributed by atoms with Gasteiger partial charge in [-0.15, -0.1) is 0 Å². The molecular formula is C25H28N4O. The Morgan fingerprint density at radius 3 is 2.20 bits per heavy atom. The predicted octanol–water partition coefficient (Wildman–Crippen LogP) is 4.07. The molecule has 1 fully saturated rings. The SMILES string of the molecule is Cc1ccc(NC(C)(C(=O)N2CCN(c3ccccn3)CC2)c2ccccc2)cc1. The predicted molar refractivity (Wildman–Crippen MR) is 122 cm³/mol. The highest BCUT2D eigenvalue weighted by atomic mass is 16.2. The number of pyridine rings is 1. The summed E-state index contributed by atoms with van der Waals surface area (Å²) >= 11 is 0. The van der Waals surface area contributed by atoms with E-state index in [9.17, 15) is 4.79 Å². The molecule has 5 nitrogen and oxygen atoms in total. The van der Waals surface area contributed by atoms with Crippen molar-refractivity contribution in [3.63, 3.8) is 0 Å². The average molecular weight is 401 g/mol. The zero-order valence-electron chi connectivity index (χ0n) is 17.6. The van der Waals surface area contributed by atoms with Crippen molar-refractivity contribution < 1.29 is 4.79 Å². The van der Waals surface area contributed by atoms with Gasteiger partial charge in [0.25, 0.3) is 5.91 Å². The van der Waals surface area contributed by atoms with Crippen molar-refractivity contribution in [2.75, 3.05) is 36.4 Å². The van der Waals surface area contributed by atoms with Gasteiger partial charge in [-0.1, -0.05) is 54.1 Å². The number of nitrogens with one attached hydrogen (secondary N) is 1. The smallest absolute Gasteiger partial charge is 0.252 e. The molecule has 0 radical (unpaired) electrons. The van der Waals surface area contributed by atoms with E-state index >= 15 is 0 Å². The lowest BCUT2D eigenvalue weighted by Gasteiger charge is -2.41. The van der Waals surface area contributed by atoms with E-state index in [1.165, 1.54) is 5.56 Å². The topological polar surface area (TPSA) is 48.5 Å². The third-order valence-corrected chi connectivity index (χ3v) is 5.76. The van der Waals surface area contributed by atoms with Crippen LogP contribution in [0, 0.1) is 6.92 Å². The molecule has 2 aromatic carbocycles. The Kier molecular flexibility index (Phi) is 5.70. The Balaban J connectivity index is 1.55. The number of carbonyl (C=O) groups excluding carboxylic acids is 1. The van der Waals surface area contributed by atoms with Crippen molar-refractivity contribution in [1.82, 2.24) is 9.88 Å². The quantitative estimate of drug-likeness (QED) is 0.702. The van der Waals surface area contributed by atoms with E-state index in [1.54, 1.807) is 0 Å². The zero-order chi connectivity index (χ0) is 21.0. The second kappa shape index (κ2) is 8.57. The molecule has 2 heterocycles. The average Bonchev–Trinajstić information content (AvgIpc) is 2.81. The Labute approximate surface area is 178 Å². The van der Waals surface area contributed by atoms with E-state index in [4.69, 9.17) is 0 Å². The van der Waals surface area contributed by atoms with Gasteiger partial charge in [-0.05, 0) is 43.7 Å². The van der Waals surface area contributed by atoms with Crippen LogP contribution < -0.4 is 10.2 Å². The van der Waals surface area contributed by atoms with Crippen molar-refractivity contribution in [1.29, 1.82) is 0 Å². The van der Waals surface area contributed by atoms with Crippen molar-refractivity contribution in [3.05, 3.63) is 90.1 Å². The highest BCUT2D eigenvalue weighted by Gasteiger charge is 2.39. The summed E-state index contributed by atoms with van der Waals surface area (Å²) < 4.78 is 0. The lowest BCUT2D eigenvalue weighted by atomic mass is 9.89. The van der Waals surface area contributed by atoms with Crippen LogP contribution in [0.3, 0.4) is 0 Å². The first-order chi connectivity index (χ1) is 14.6. The fourth-order valence-electron chi connectivity index (χ4n) is 3.94. The van der Waals surface area contributed by atoms with Crippen LogP contribution in [0.25, 0.3) is 0 Å². The van der Waals surface area contributed by atoms with E-state index < -0.39 is 5.54 Å². The molecule has 1 aliphatic heterocycles. The molecule has 1 aliphatic rings. The number of amides is 1. The molecule has 4 rings (SSSR count). The first kappa shape index (κ1) is 20.0. The summed E-state index contributed by atoms with van der Waals surface area (Å²) in [4.78, 5) is 22.4. The van der Waals surface area contributed by atoms with Crippen LogP contribution >= 0.6 is 0 Å². The number of benzene rings is 2. The van der Waals surface area contributed by atoms with Crippen molar-refractivity contribution >= 4 is 17.4 Å². The summed E-state index contributed by atoms with van der Waals surface area (Å²) in [5, 5.41) is 3.52. The highest BCUT2D eigenvalue weighted by molar-refractivity contribution is 5.90. The van der Waals surface area contributed by atoms with Crippen molar-refractivity contribution in [2.45, 2.75) is 19.4 Å². The zero-order valence-corrected chi connectivity index (χ0v) is 17.6. The van der Waals surface area contributed by atoms with Crippen molar-refractivity contribution in [2.24, 2.45) is 0 Å². The molecule has 1 saturated heterocycles. The number of nitrogens with zero attached hydrogens (tertiary/aromatic N) is 3. The van der Waals surface area contributed by atoms with Crippen LogP contribution in [0.1, 0.15) is 18.1 Å². The fourth-order valence-corrected chi connectivity index (χ4v) is 3.94. The maximum Gasteiger partial charge on any atom is 0.252 e. The van der Waals surface area contributed by atoms with Gasteiger partial charge in [0.2, 0.25) is 0 Å². The second-order valence-corrected chi connectivity index (χ2v) is 7.95. The normalized spacial score (nSPS) is 16.1. The molecule has 3 aromatic rings. The number of anilines is 2. The summed E-state index contributed by atoms with van der Waals surface area (Å²) in [7, 11) is 0. The highest BCUT2D eigenvalue weighted by Crippen LogP contribution is 2.29. The van der Waals surface area contributed by atoms with E-state index in [0.29, 0.717) is 13.1 Å². The summed E-state index contributed by atoms with van der Waals surface area (Å²) in [5.74, 6) is 1.06. The van der Waals surface area contributed by atoms with Gasteiger partial charge in [0, 0.05) is 38.1 Å². The maximum absolute atomic E-state index is 13.8. The number of aromatic nitrogens is 1. The molecule has 0 saturated carbocycles. The fraction of sp³-hybridized carbons (Fsp3) is 0.280. The first-order valence-electron chi connectivity index (χ1n) is 10.4. The van der Waals surface area contributed by atoms with Crippen LogP contribution in [0.4, 0.5) is 11.5 Å². The number of hydrogen-bond acceptors (Lipinski definition) is 4. The summed E-state index contributed by atoms with van der Waals surface area (Å²) in [5.41, 5.74) is 2.25. The molecular weight excluding hydrogens is 372 g/mol. The van der Waals surface area contributed by atoms with Gasteiger partial charge in [0.15, 0.2) is 0 Å². The third-order valence-electron chi connectivity index (χ3n) is 5.76. The second-order valence-electron chi connectivity index (χ2n) is 7.95. The first-order valence-corrected chi connectivity index (χ1v) is 10.4. The summed E-state index contributed by atoms with van der Waals surface area (Å²) in [6.07, 6.45) is 1.81. The Morgan fingerprint density at radius 1 is 0.900 bits per heavy atom. The van der Waals surface area contributed by atoms with Gasteiger partial charge in [0.05, 0.1) is 0 Å². The van der Waals surface area contributed by atoms with Gasteiger partial charge in [-0.25, -0.2) is 4.98 Å². The molecule has 0 aliphatic carbocycles. The van der Waals surface area contributed by atoms with Gasteiger partial charge < -0.3 is 15.1 Å². The molecule has 1 unspecified atom stereocenters. The van der Waals surface area contributed by atoms with Crippen LogP contribution in [0.5, 0.6) is 0 Å². The molecule has 1 N–H and O–H groups in total. The minimum absolute atomic E-state index is 0.0925. The standard InChI is InChI=1S/C25H28N4O/c1-20-11-13-22(14-12-20)27-25(2,21-8-4-3-5-9-21)24(30)29-18-16-28(17-19-29)23-10-6-7-15-26-23/h3-15,27H,16-19H2,1-2H3. The Morgan fingerprint density at radius 2 is 1.57 bits per heavy atom. The van der Waals surface area contributed by atoms with E-state index in [-0.39, 0.29) is 5.91 Å². The summed E-state index contributed by atoms with van der Waals surface area (Å²) in [6.45, 7) is 6.94. The van der Waals surface area contributed by atoms with Crippen LogP contribution in [0.2, 0.25) is 0 Å². The Bertz CT molecular complexity index is 967. The molecule has 0 spiro atoms. The van der Waals surface area contributed by atoms with Crippen LogP contribution in [0.15, 0.2) is 79.0 Å². The third kappa shape index (κ3) is 4.15. The minimum atomic E-state index is -0.844. The largest absolute Gasteiger partial charge is 0.368 e. The number of aryl methyl sites for hydroxylation is 1. The van der Waals surface area contributed by atoms with E-state index in [2.05, 4.69) is 34.3 Å². The molecule has 1 atom stereocenters. The van der Waals surface area contributed by atoms with Gasteiger partial charge >= 0.3 is 0 Å². The number of hydrogen-bond donors (Lipinski definition) is 1. The lowest BCUT2D eigenvalue weighted by Crippen LogP contribution is -2.56. The molecule has 5 heteroatoms.